The second-order valence-corrected chi connectivity index (χ2v) is 10.0. The molecular weight excluding hydrogens is 448 g/mol. The minimum atomic E-state index is -0.805. The third-order valence-electron chi connectivity index (χ3n) is 6.83. The molecule has 3 rings (SSSR count). The summed E-state index contributed by atoms with van der Waals surface area (Å²) in [5.74, 6) is -0.598. The van der Waals surface area contributed by atoms with E-state index < -0.39 is 24.3 Å². The van der Waals surface area contributed by atoms with Crippen molar-refractivity contribution in [2.24, 2.45) is 18.9 Å². The predicted molar refractivity (Wildman–Crippen MR) is 133 cm³/mol. The van der Waals surface area contributed by atoms with Crippen LogP contribution in [0.3, 0.4) is 0 Å². The highest BCUT2D eigenvalue weighted by molar-refractivity contribution is 5.71. The van der Waals surface area contributed by atoms with Gasteiger partial charge in [-0.3, -0.25) is 9.48 Å². The van der Waals surface area contributed by atoms with Crippen LogP contribution in [0.5, 0.6) is 0 Å². The molecular formula is C26H40N4O5. The van der Waals surface area contributed by atoms with Gasteiger partial charge in [0.05, 0.1) is 18.7 Å². The average Bonchev–Trinajstić information content (AvgIpc) is 3.22. The number of aryl methyl sites for hydroxylation is 1. The van der Waals surface area contributed by atoms with Crippen LogP contribution in [0, 0.1) is 11.8 Å². The Hall–Kier alpha value is -2.65. The van der Waals surface area contributed by atoms with Gasteiger partial charge in [0.15, 0.2) is 0 Å². The van der Waals surface area contributed by atoms with Crippen molar-refractivity contribution < 1.29 is 24.2 Å². The maximum absolute atomic E-state index is 12.9. The number of carbonyl (C=O) groups excluding carboxylic acids is 2. The Morgan fingerprint density at radius 2 is 1.89 bits per heavy atom. The van der Waals surface area contributed by atoms with Crippen molar-refractivity contribution in [3.63, 3.8) is 0 Å². The lowest BCUT2D eigenvalue weighted by Gasteiger charge is -2.33. The van der Waals surface area contributed by atoms with E-state index in [1.54, 1.807) is 15.8 Å². The van der Waals surface area contributed by atoms with Crippen molar-refractivity contribution in [1.82, 2.24) is 19.6 Å². The zero-order valence-electron chi connectivity index (χ0n) is 21.6. The van der Waals surface area contributed by atoms with E-state index in [1.807, 2.05) is 59.3 Å². The number of nitrogens with zero attached hydrogens (tertiary/aromatic N) is 4. The van der Waals surface area contributed by atoms with Gasteiger partial charge in [-0.05, 0) is 50.5 Å². The van der Waals surface area contributed by atoms with Crippen molar-refractivity contribution in [3.8, 4) is 0 Å². The van der Waals surface area contributed by atoms with Crippen LogP contribution < -0.4 is 0 Å². The number of amides is 1. The molecule has 1 N–H and O–H groups in total. The number of hydrogen-bond acceptors (Lipinski definition) is 7. The summed E-state index contributed by atoms with van der Waals surface area (Å²) in [5.41, 5.74) is 1.78. The van der Waals surface area contributed by atoms with Gasteiger partial charge in [0.2, 0.25) is 0 Å². The molecule has 1 amide bonds. The molecule has 1 fully saturated rings. The minimum Gasteiger partial charge on any atom is -0.457 e. The van der Waals surface area contributed by atoms with Gasteiger partial charge in [-0.15, -0.1) is 0 Å². The van der Waals surface area contributed by atoms with E-state index in [0.29, 0.717) is 25.9 Å². The first-order chi connectivity index (χ1) is 16.6. The number of hydrogen-bond donors (Lipinski definition) is 1. The Balaban J connectivity index is 1.80. The molecule has 5 atom stereocenters. The number of ether oxygens (including phenoxy) is 2. The number of esters is 1. The normalized spacial score (nSPS) is 29.8. The smallest absolute Gasteiger partial charge is 0.410 e. The third-order valence-corrected chi connectivity index (χ3v) is 6.83. The van der Waals surface area contributed by atoms with E-state index in [2.05, 4.69) is 10.00 Å². The fraction of sp³-hybridized carbons (Fsp3) is 0.654. The summed E-state index contributed by atoms with van der Waals surface area (Å²) in [6.45, 7) is 8.84. The molecule has 3 heterocycles. The van der Waals surface area contributed by atoms with E-state index in [-0.39, 0.29) is 24.3 Å². The van der Waals surface area contributed by atoms with Crippen molar-refractivity contribution in [2.75, 3.05) is 33.2 Å². The zero-order chi connectivity index (χ0) is 25.5. The van der Waals surface area contributed by atoms with Crippen LogP contribution in [0.15, 0.2) is 30.1 Å². The highest BCUT2D eigenvalue weighted by atomic mass is 16.6. The van der Waals surface area contributed by atoms with Gasteiger partial charge >= 0.3 is 12.1 Å². The van der Waals surface area contributed by atoms with Gasteiger partial charge in [-0.25, -0.2) is 4.79 Å². The number of aliphatic hydroxyl groups is 1. The van der Waals surface area contributed by atoms with Gasteiger partial charge in [-0.2, -0.15) is 5.10 Å². The average molecular weight is 489 g/mol. The second-order valence-electron chi connectivity index (χ2n) is 10.0. The first-order valence-corrected chi connectivity index (χ1v) is 12.5. The van der Waals surface area contributed by atoms with Crippen molar-refractivity contribution >= 4 is 18.1 Å². The highest BCUT2D eigenvalue weighted by Gasteiger charge is 2.29. The van der Waals surface area contributed by atoms with E-state index in [9.17, 15) is 14.7 Å². The Morgan fingerprint density at radius 1 is 1.17 bits per heavy atom. The molecule has 194 valence electrons. The SMILES string of the molecule is C/C(=C\c1cnn(C)c1)[C@H]1OC(=O)C[C@H](O)CC[C@H](C)[C@@H](OC(=O)N2CCN(C)CC2)C=C[C@@H]1C. The number of likely N-dealkylation sites (N-methyl/N-ethyl adjacent to an activating group) is 1. The van der Waals surface area contributed by atoms with Crippen LogP contribution in [-0.4, -0.2) is 88.3 Å². The first kappa shape index (κ1) is 26.9. The summed E-state index contributed by atoms with van der Waals surface area (Å²) in [7, 11) is 3.89. The molecule has 1 aromatic rings. The standard InChI is InChI=1S/C26H40N4O5/c1-18-6-8-22(31)15-24(32)35-25(20(3)14-21-16-27-29(5)17-21)19(2)7-9-23(18)34-26(33)30-12-10-28(4)11-13-30/h7,9,14,16-19,22-23,25,31H,6,8,10-13,15H2,1-5H3/b9-7?,20-14+/t18-,19-,22+,23-,25-/m0/s1. The molecule has 0 spiro atoms. The molecule has 0 aromatic carbocycles. The van der Waals surface area contributed by atoms with Gasteiger partial charge in [0.1, 0.15) is 12.2 Å². The third kappa shape index (κ3) is 7.93. The largest absolute Gasteiger partial charge is 0.457 e. The first-order valence-electron chi connectivity index (χ1n) is 12.5. The summed E-state index contributed by atoms with van der Waals surface area (Å²) in [4.78, 5) is 29.4. The van der Waals surface area contributed by atoms with E-state index >= 15 is 0 Å². The van der Waals surface area contributed by atoms with Gasteiger partial charge < -0.3 is 24.4 Å². The number of rotatable bonds is 3. The van der Waals surface area contributed by atoms with Crippen molar-refractivity contribution in [1.29, 1.82) is 0 Å². The van der Waals surface area contributed by atoms with Gasteiger partial charge in [0.25, 0.3) is 0 Å². The lowest BCUT2D eigenvalue weighted by atomic mass is 9.92. The molecule has 0 aliphatic carbocycles. The van der Waals surface area contributed by atoms with E-state index in [4.69, 9.17) is 9.47 Å². The quantitative estimate of drug-likeness (QED) is 0.516. The zero-order valence-corrected chi connectivity index (χ0v) is 21.6. The van der Waals surface area contributed by atoms with Crippen LogP contribution in [0.4, 0.5) is 4.79 Å². The van der Waals surface area contributed by atoms with Crippen LogP contribution in [0.25, 0.3) is 6.08 Å². The maximum Gasteiger partial charge on any atom is 0.410 e. The van der Waals surface area contributed by atoms with Gasteiger partial charge in [-0.1, -0.05) is 19.9 Å². The highest BCUT2D eigenvalue weighted by Crippen LogP contribution is 2.25. The second kappa shape index (κ2) is 12.4. The van der Waals surface area contributed by atoms with Crippen LogP contribution in [-0.2, 0) is 21.3 Å². The molecule has 9 nitrogen and oxygen atoms in total. The fourth-order valence-electron chi connectivity index (χ4n) is 4.49. The number of carbonyl (C=O) groups is 2. The fourth-order valence-corrected chi connectivity index (χ4v) is 4.49. The summed E-state index contributed by atoms with van der Waals surface area (Å²) >= 11 is 0. The minimum absolute atomic E-state index is 0.00885. The maximum atomic E-state index is 12.9. The van der Waals surface area contributed by atoms with Crippen molar-refractivity contribution in [3.05, 3.63) is 35.7 Å². The summed E-state index contributed by atoms with van der Waals surface area (Å²) in [6, 6.07) is 0. The predicted octanol–water partition coefficient (Wildman–Crippen LogP) is 2.86. The molecule has 9 heteroatoms. The Morgan fingerprint density at radius 3 is 2.54 bits per heavy atom. The Bertz CT molecular complexity index is 919. The topological polar surface area (TPSA) is 97.1 Å². The van der Waals surface area contributed by atoms with Crippen LogP contribution in [0.1, 0.15) is 45.6 Å². The molecule has 2 aliphatic heterocycles. The number of aromatic nitrogens is 2. The molecule has 0 radical (unpaired) electrons. The number of piperazine rings is 1. The molecule has 0 unspecified atom stereocenters. The molecule has 2 aliphatic rings. The molecule has 0 bridgehead atoms. The summed E-state index contributed by atoms with van der Waals surface area (Å²) < 4.78 is 13.5. The summed E-state index contributed by atoms with van der Waals surface area (Å²) in [5, 5.41) is 14.6. The molecule has 0 saturated carbocycles. The molecule has 1 aromatic heterocycles. The Kier molecular flexibility index (Phi) is 9.51. The lowest BCUT2D eigenvalue weighted by molar-refractivity contribution is -0.151. The van der Waals surface area contributed by atoms with Crippen molar-refractivity contribution in [2.45, 2.75) is 58.3 Å². The molecule has 35 heavy (non-hydrogen) atoms. The monoisotopic (exact) mass is 488 g/mol. The van der Waals surface area contributed by atoms with E-state index in [1.165, 1.54) is 0 Å². The van der Waals surface area contributed by atoms with Crippen LogP contribution in [0.2, 0.25) is 0 Å². The molecule has 1 saturated heterocycles. The van der Waals surface area contributed by atoms with E-state index in [0.717, 1.165) is 24.2 Å². The van der Waals surface area contributed by atoms with Crippen LogP contribution >= 0.6 is 0 Å². The van der Waals surface area contributed by atoms with Gasteiger partial charge in [0, 0.05) is 50.9 Å². The Labute approximate surface area is 208 Å². The number of aliphatic hydroxyl groups excluding tert-OH is 1. The number of cyclic esters (lactones) is 1. The summed E-state index contributed by atoms with van der Waals surface area (Å²) in [6.07, 6.45) is 8.39. The lowest BCUT2D eigenvalue weighted by Crippen LogP contribution is -2.48.